The summed E-state index contributed by atoms with van der Waals surface area (Å²) in [4.78, 5) is 37.8. The lowest BCUT2D eigenvalue weighted by molar-refractivity contribution is -0.119. The number of hydrazine groups is 1. The van der Waals surface area contributed by atoms with E-state index in [9.17, 15) is 14.4 Å². The normalized spacial score (nSPS) is 13.1. The number of carbonyl (C=O) groups excluding carboxylic acids is 3. The molecule has 0 atom stereocenters. The van der Waals surface area contributed by atoms with Gasteiger partial charge in [0, 0.05) is 17.4 Å². The Labute approximate surface area is 167 Å². The monoisotopic (exact) mass is 401 g/mol. The quantitative estimate of drug-likeness (QED) is 0.542. The molecule has 3 amide bonds. The lowest BCUT2D eigenvalue weighted by Gasteiger charge is -2.10. The Hall–Kier alpha value is -2.87. The third-order valence-electron chi connectivity index (χ3n) is 4.56. The number of nitrogens with one attached hydrogen (secondary N) is 3. The van der Waals surface area contributed by atoms with E-state index in [1.807, 2.05) is 0 Å². The van der Waals surface area contributed by atoms with Crippen LogP contribution in [-0.4, -0.2) is 24.8 Å². The maximum atomic E-state index is 12.7. The van der Waals surface area contributed by atoms with E-state index in [0.29, 0.717) is 21.9 Å². The Morgan fingerprint density at radius 2 is 1.82 bits per heavy atom. The molecule has 3 N–H and O–H groups in total. The van der Waals surface area contributed by atoms with Gasteiger partial charge >= 0.3 is 0 Å². The van der Waals surface area contributed by atoms with Crippen molar-refractivity contribution in [3.63, 3.8) is 0 Å². The lowest BCUT2D eigenvalue weighted by Crippen LogP contribution is -2.40. The number of methoxy groups -OCH3 is 1. The number of ether oxygens (including phenoxy) is 1. The predicted octanol–water partition coefficient (Wildman–Crippen LogP) is 3.06. The first-order valence-corrected chi connectivity index (χ1v) is 9.98. The number of hydrogen-bond donors (Lipinski definition) is 3. The van der Waals surface area contributed by atoms with Gasteiger partial charge in [-0.15, -0.1) is 11.3 Å². The van der Waals surface area contributed by atoms with Crippen molar-refractivity contribution in [1.29, 1.82) is 0 Å². The molecular formula is C20H23N3O4S. The largest absolute Gasteiger partial charge is 0.497 e. The van der Waals surface area contributed by atoms with Crippen LogP contribution in [-0.2, 0) is 17.6 Å². The van der Waals surface area contributed by atoms with Crippen LogP contribution >= 0.6 is 11.3 Å². The molecule has 0 aliphatic heterocycles. The Morgan fingerprint density at radius 3 is 2.57 bits per heavy atom. The Balaban J connectivity index is 1.91. The highest BCUT2D eigenvalue weighted by Crippen LogP contribution is 2.37. The minimum Gasteiger partial charge on any atom is -0.497 e. The first-order valence-electron chi connectivity index (χ1n) is 9.16. The Morgan fingerprint density at radius 1 is 1.04 bits per heavy atom. The molecule has 1 aliphatic rings. The molecule has 1 heterocycles. The first kappa shape index (κ1) is 19.9. The van der Waals surface area contributed by atoms with Gasteiger partial charge in [-0.25, -0.2) is 0 Å². The molecule has 1 aromatic heterocycles. The van der Waals surface area contributed by atoms with Crippen molar-refractivity contribution in [2.75, 3.05) is 12.4 Å². The number of anilines is 1. The van der Waals surface area contributed by atoms with Crippen LogP contribution in [0.1, 0.15) is 57.3 Å². The summed E-state index contributed by atoms with van der Waals surface area (Å²) < 4.78 is 5.17. The van der Waals surface area contributed by atoms with Crippen LogP contribution in [0, 0.1) is 0 Å². The Bertz CT molecular complexity index is 907. The van der Waals surface area contributed by atoms with Crippen molar-refractivity contribution in [3.05, 3.63) is 45.8 Å². The van der Waals surface area contributed by atoms with Gasteiger partial charge in [0.2, 0.25) is 5.91 Å². The molecule has 1 aliphatic carbocycles. The molecule has 28 heavy (non-hydrogen) atoms. The summed E-state index contributed by atoms with van der Waals surface area (Å²) in [5.41, 5.74) is 6.59. The summed E-state index contributed by atoms with van der Waals surface area (Å²) in [6.07, 6.45) is 4.83. The second-order valence-corrected chi connectivity index (χ2v) is 7.70. The van der Waals surface area contributed by atoms with Gasteiger partial charge in [-0.1, -0.05) is 12.5 Å². The molecule has 2 aromatic rings. The number of hydrogen-bond acceptors (Lipinski definition) is 5. The molecule has 148 valence electrons. The predicted molar refractivity (Wildman–Crippen MR) is 108 cm³/mol. The minimum absolute atomic E-state index is 0.316. The molecule has 0 radical (unpaired) electrons. The van der Waals surface area contributed by atoms with Crippen LogP contribution in [0.4, 0.5) is 5.00 Å². The van der Waals surface area contributed by atoms with Crippen LogP contribution in [0.15, 0.2) is 24.3 Å². The van der Waals surface area contributed by atoms with E-state index >= 15 is 0 Å². The number of rotatable bonds is 4. The third-order valence-corrected chi connectivity index (χ3v) is 5.77. The molecule has 0 bridgehead atoms. The van der Waals surface area contributed by atoms with E-state index < -0.39 is 5.91 Å². The number of amides is 3. The van der Waals surface area contributed by atoms with Gasteiger partial charge in [0.25, 0.3) is 11.8 Å². The summed E-state index contributed by atoms with van der Waals surface area (Å²) in [5.74, 6) is -0.519. The number of benzene rings is 1. The van der Waals surface area contributed by atoms with E-state index in [4.69, 9.17) is 4.74 Å². The Kier molecular flexibility index (Phi) is 6.30. The van der Waals surface area contributed by atoms with E-state index in [1.54, 1.807) is 24.3 Å². The van der Waals surface area contributed by atoms with E-state index in [1.165, 1.54) is 25.4 Å². The summed E-state index contributed by atoms with van der Waals surface area (Å²) in [6.45, 7) is 1.32. The average Bonchev–Trinajstić information content (AvgIpc) is 2.86. The van der Waals surface area contributed by atoms with Gasteiger partial charge in [0.15, 0.2) is 0 Å². The van der Waals surface area contributed by atoms with Gasteiger partial charge in [-0.05, 0) is 49.4 Å². The zero-order valence-corrected chi connectivity index (χ0v) is 16.7. The van der Waals surface area contributed by atoms with E-state index in [-0.39, 0.29) is 11.8 Å². The highest BCUT2D eigenvalue weighted by molar-refractivity contribution is 7.17. The molecular weight excluding hydrogens is 378 g/mol. The molecule has 0 saturated heterocycles. The van der Waals surface area contributed by atoms with Gasteiger partial charge in [-0.3, -0.25) is 25.2 Å². The zero-order chi connectivity index (χ0) is 20.1. The number of fused-ring (bicyclic) bond motifs is 1. The van der Waals surface area contributed by atoms with Gasteiger partial charge in [0.1, 0.15) is 10.8 Å². The topological polar surface area (TPSA) is 96.5 Å². The van der Waals surface area contributed by atoms with Crippen molar-refractivity contribution in [2.24, 2.45) is 0 Å². The van der Waals surface area contributed by atoms with Crippen molar-refractivity contribution < 1.29 is 19.1 Å². The summed E-state index contributed by atoms with van der Waals surface area (Å²) in [6, 6.07) is 6.83. The summed E-state index contributed by atoms with van der Waals surface area (Å²) in [5, 5.41) is 3.38. The maximum Gasteiger partial charge on any atom is 0.272 e. The zero-order valence-electron chi connectivity index (χ0n) is 15.9. The first-order chi connectivity index (χ1) is 13.5. The molecule has 0 fully saturated rings. The van der Waals surface area contributed by atoms with Crippen LogP contribution < -0.4 is 20.9 Å². The summed E-state index contributed by atoms with van der Waals surface area (Å²) >= 11 is 1.43. The highest BCUT2D eigenvalue weighted by atomic mass is 32.1. The number of carbonyl (C=O) groups is 3. The van der Waals surface area contributed by atoms with E-state index in [2.05, 4.69) is 16.2 Å². The fourth-order valence-electron chi connectivity index (χ4n) is 3.22. The van der Waals surface area contributed by atoms with Gasteiger partial charge < -0.3 is 10.1 Å². The average molecular weight is 401 g/mol. The molecule has 0 unspecified atom stereocenters. The standard InChI is InChI=1S/C20H23N3O4S/c1-12(24)22-23-19(26)17-15-9-4-3-5-10-16(15)28-20(17)21-18(25)13-7-6-8-14(11-13)27-2/h6-8,11H,3-5,9-10H2,1-2H3,(H,21,25)(H,22,24)(H,23,26). The van der Waals surface area contributed by atoms with Crippen LogP contribution in [0.3, 0.4) is 0 Å². The molecule has 0 spiro atoms. The van der Waals surface area contributed by atoms with Crippen LogP contribution in [0.2, 0.25) is 0 Å². The van der Waals surface area contributed by atoms with E-state index in [0.717, 1.165) is 42.5 Å². The van der Waals surface area contributed by atoms with Crippen molar-refractivity contribution in [3.8, 4) is 5.75 Å². The van der Waals surface area contributed by atoms with Crippen LogP contribution in [0.25, 0.3) is 0 Å². The van der Waals surface area contributed by atoms with Crippen molar-refractivity contribution in [2.45, 2.75) is 39.0 Å². The van der Waals surface area contributed by atoms with Gasteiger partial charge in [0.05, 0.1) is 12.7 Å². The smallest absolute Gasteiger partial charge is 0.272 e. The van der Waals surface area contributed by atoms with Crippen LogP contribution in [0.5, 0.6) is 5.75 Å². The maximum absolute atomic E-state index is 12.7. The number of thiophene rings is 1. The third kappa shape index (κ3) is 4.51. The highest BCUT2D eigenvalue weighted by Gasteiger charge is 2.26. The molecule has 7 nitrogen and oxygen atoms in total. The molecule has 1 aromatic carbocycles. The fourth-order valence-corrected chi connectivity index (χ4v) is 4.50. The molecule has 0 saturated carbocycles. The lowest BCUT2D eigenvalue weighted by atomic mass is 10.0. The number of aryl methyl sites for hydroxylation is 1. The molecule has 8 heteroatoms. The molecule has 3 rings (SSSR count). The SMILES string of the molecule is COc1cccc(C(=O)Nc2sc3c(c2C(=O)NNC(C)=O)CCCCC3)c1. The second kappa shape index (κ2) is 8.88. The van der Waals surface area contributed by atoms with Crippen molar-refractivity contribution >= 4 is 34.1 Å². The fraction of sp³-hybridized carbons (Fsp3) is 0.350. The van der Waals surface area contributed by atoms with Gasteiger partial charge in [-0.2, -0.15) is 0 Å². The second-order valence-electron chi connectivity index (χ2n) is 6.59. The summed E-state index contributed by atoms with van der Waals surface area (Å²) in [7, 11) is 1.54. The van der Waals surface area contributed by atoms with Crippen molar-refractivity contribution in [1.82, 2.24) is 10.9 Å². The minimum atomic E-state index is -0.421.